The molecule has 7 heteroatoms. The molecule has 124 valence electrons. The van der Waals surface area contributed by atoms with Crippen molar-refractivity contribution in [2.45, 2.75) is 19.9 Å². The van der Waals surface area contributed by atoms with Crippen LogP contribution in [0.1, 0.15) is 12.5 Å². The second-order valence-electron chi connectivity index (χ2n) is 6.02. The van der Waals surface area contributed by atoms with Gasteiger partial charge in [-0.1, -0.05) is 0 Å². The minimum Gasteiger partial charge on any atom is -0.377 e. The number of nitrogens with zero attached hydrogens (tertiary/aromatic N) is 5. The number of fused-ring (bicyclic) bond motifs is 1. The number of aryl methyl sites for hydroxylation is 1. The highest BCUT2D eigenvalue weighted by Crippen LogP contribution is 2.30. The number of halogens is 1. The third-order valence-electron chi connectivity index (χ3n) is 4.41. The van der Waals surface area contributed by atoms with E-state index in [4.69, 9.17) is 16.3 Å². The molecule has 1 saturated heterocycles. The van der Waals surface area contributed by atoms with Gasteiger partial charge in [0.1, 0.15) is 5.82 Å². The van der Waals surface area contributed by atoms with Crippen LogP contribution in [0.25, 0.3) is 16.7 Å². The molecule has 3 aromatic rings. The standard InChI is InChI=1S/C17H18ClN5O/c1-11-3-5-19-9-14(11)23-6-4-13-15(20-17(18)21-16(13)23)22-7-8-24-10-12(22)2/h3-6,9,12H,7-8,10H2,1-2H3. The molecule has 3 aromatic heterocycles. The zero-order chi connectivity index (χ0) is 16.7. The average Bonchev–Trinajstić information content (AvgIpc) is 2.99. The minimum absolute atomic E-state index is 0.247. The highest BCUT2D eigenvalue weighted by Gasteiger charge is 2.24. The summed E-state index contributed by atoms with van der Waals surface area (Å²) in [5.41, 5.74) is 2.90. The lowest BCUT2D eigenvalue weighted by molar-refractivity contribution is 0.0987. The van der Waals surface area contributed by atoms with E-state index in [-0.39, 0.29) is 11.3 Å². The molecular weight excluding hydrogens is 326 g/mol. The topological polar surface area (TPSA) is 56.1 Å². The molecule has 0 N–H and O–H groups in total. The highest BCUT2D eigenvalue weighted by atomic mass is 35.5. The monoisotopic (exact) mass is 343 g/mol. The van der Waals surface area contributed by atoms with Gasteiger partial charge in [-0.15, -0.1) is 0 Å². The van der Waals surface area contributed by atoms with Gasteiger partial charge >= 0.3 is 0 Å². The molecule has 0 saturated carbocycles. The first kappa shape index (κ1) is 15.4. The zero-order valence-corrected chi connectivity index (χ0v) is 14.4. The van der Waals surface area contributed by atoms with E-state index >= 15 is 0 Å². The van der Waals surface area contributed by atoms with Gasteiger partial charge in [-0.3, -0.25) is 9.55 Å². The lowest BCUT2D eigenvalue weighted by Gasteiger charge is -2.34. The first-order chi connectivity index (χ1) is 11.6. The van der Waals surface area contributed by atoms with Crippen LogP contribution in [0.5, 0.6) is 0 Å². The van der Waals surface area contributed by atoms with Gasteiger partial charge in [-0.25, -0.2) is 0 Å². The van der Waals surface area contributed by atoms with Gasteiger partial charge in [-0.2, -0.15) is 9.97 Å². The molecular formula is C17H18ClN5O. The van der Waals surface area contributed by atoms with Crippen molar-refractivity contribution in [2.75, 3.05) is 24.7 Å². The predicted octanol–water partition coefficient (Wildman–Crippen LogP) is 3.00. The van der Waals surface area contributed by atoms with Crippen molar-refractivity contribution in [3.05, 3.63) is 41.6 Å². The summed E-state index contributed by atoms with van der Waals surface area (Å²) in [6.07, 6.45) is 5.61. The Bertz CT molecular complexity index is 894. The number of hydrogen-bond acceptors (Lipinski definition) is 5. The third-order valence-corrected chi connectivity index (χ3v) is 4.58. The zero-order valence-electron chi connectivity index (χ0n) is 13.6. The second-order valence-corrected chi connectivity index (χ2v) is 6.36. The number of pyridine rings is 1. The molecule has 1 atom stereocenters. The quantitative estimate of drug-likeness (QED) is 0.669. The molecule has 0 spiro atoms. The van der Waals surface area contributed by atoms with Gasteiger partial charge in [0.15, 0.2) is 5.65 Å². The summed E-state index contributed by atoms with van der Waals surface area (Å²) < 4.78 is 7.55. The Morgan fingerprint density at radius 2 is 2.17 bits per heavy atom. The Labute approximate surface area is 145 Å². The fourth-order valence-corrected chi connectivity index (χ4v) is 3.30. The van der Waals surface area contributed by atoms with Gasteiger partial charge in [-0.05, 0) is 43.1 Å². The molecule has 1 aliphatic heterocycles. The van der Waals surface area contributed by atoms with Crippen LogP contribution in [0.15, 0.2) is 30.7 Å². The summed E-state index contributed by atoms with van der Waals surface area (Å²) >= 11 is 6.24. The van der Waals surface area contributed by atoms with Crippen LogP contribution in [-0.2, 0) is 4.74 Å². The van der Waals surface area contributed by atoms with Crippen molar-refractivity contribution < 1.29 is 4.74 Å². The maximum Gasteiger partial charge on any atom is 0.226 e. The Balaban J connectivity index is 1.90. The van der Waals surface area contributed by atoms with Crippen molar-refractivity contribution in [3.8, 4) is 5.69 Å². The molecule has 1 aliphatic rings. The predicted molar refractivity (Wildman–Crippen MR) is 94.0 cm³/mol. The molecule has 0 aromatic carbocycles. The first-order valence-electron chi connectivity index (χ1n) is 7.95. The molecule has 6 nitrogen and oxygen atoms in total. The maximum absolute atomic E-state index is 6.24. The summed E-state index contributed by atoms with van der Waals surface area (Å²) in [7, 11) is 0. The molecule has 0 aliphatic carbocycles. The number of morpholine rings is 1. The first-order valence-corrected chi connectivity index (χ1v) is 8.33. The number of rotatable bonds is 2. The second kappa shape index (κ2) is 6.03. The van der Waals surface area contributed by atoms with Crippen molar-refractivity contribution in [2.24, 2.45) is 0 Å². The Morgan fingerprint density at radius 1 is 1.29 bits per heavy atom. The number of aromatic nitrogens is 4. The highest BCUT2D eigenvalue weighted by molar-refractivity contribution is 6.28. The fourth-order valence-electron chi connectivity index (χ4n) is 3.14. The summed E-state index contributed by atoms with van der Waals surface area (Å²) in [5, 5.41) is 1.23. The lowest BCUT2D eigenvalue weighted by atomic mass is 10.2. The molecule has 1 unspecified atom stereocenters. The van der Waals surface area contributed by atoms with E-state index in [1.165, 1.54) is 0 Å². The van der Waals surface area contributed by atoms with Crippen LogP contribution in [0.4, 0.5) is 5.82 Å². The summed E-state index contributed by atoms with van der Waals surface area (Å²) in [6.45, 7) is 6.35. The average molecular weight is 344 g/mol. The van der Waals surface area contributed by atoms with Gasteiger partial charge in [0.25, 0.3) is 0 Å². The molecule has 4 heterocycles. The van der Waals surface area contributed by atoms with Crippen LogP contribution < -0.4 is 4.90 Å². The van der Waals surface area contributed by atoms with Gasteiger partial charge in [0.2, 0.25) is 5.28 Å². The van der Waals surface area contributed by atoms with E-state index in [9.17, 15) is 0 Å². The number of hydrogen-bond donors (Lipinski definition) is 0. The van der Waals surface area contributed by atoms with Gasteiger partial charge in [0.05, 0.1) is 36.5 Å². The van der Waals surface area contributed by atoms with E-state index < -0.39 is 0 Å². The SMILES string of the molecule is Cc1ccncc1-n1ccc2c(N3CCOCC3C)nc(Cl)nc21. The van der Waals surface area contributed by atoms with Crippen molar-refractivity contribution in [1.82, 2.24) is 19.5 Å². The van der Waals surface area contributed by atoms with E-state index in [1.54, 1.807) is 6.20 Å². The van der Waals surface area contributed by atoms with Crippen LogP contribution in [0, 0.1) is 6.92 Å². The molecule has 4 rings (SSSR count). The Kier molecular flexibility index (Phi) is 3.86. The largest absolute Gasteiger partial charge is 0.377 e. The van der Waals surface area contributed by atoms with Crippen molar-refractivity contribution >= 4 is 28.5 Å². The molecule has 0 radical (unpaired) electrons. The van der Waals surface area contributed by atoms with Crippen LogP contribution in [0.3, 0.4) is 0 Å². The van der Waals surface area contributed by atoms with E-state index in [2.05, 4.69) is 33.7 Å². The Hall–Kier alpha value is -2.18. The number of anilines is 1. The molecule has 0 amide bonds. The van der Waals surface area contributed by atoms with Crippen molar-refractivity contribution in [3.63, 3.8) is 0 Å². The summed E-state index contributed by atoms with van der Waals surface area (Å²) in [4.78, 5) is 15.4. The lowest BCUT2D eigenvalue weighted by Crippen LogP contribution is -2.44. The number of ether oxygens (including phenoxy) is 1. The Morgan fingerprint density at radius 3 is 2.96 bits per heavy atom. The normalized spacial score (nSPS) is 18.3. The summed E-state index contributed by atoms with van der Waals surface area (Å²) in [6, 6.07) is 4.27. The van der Waals surface area contributed by atoms with Crippen LogP contribution in [-0.4, -0.2) is 45.3 Å². The maximum atomic E-state index is 6.24. The molecule has 1 fully saturated rings. The van der Waals surface area contributed by atoms with E-state index in [1.807, 2.05) is 29.1 Å². The van der Waals surface area contributed by atoms with Crippen molar-refractivity contribution in [1.29, 1.82) is 0 Å². The summed E-state index contributed by atoms with van der Waals surface area (Å²) in [5.74, 6) is 0.862. The van der Waals surface area contributed by atoms with Crippen LogP contribution >= 0.6 is 11.6 Å². The minimum atomic E-state index is 0.247. The molecule has 24 heavy (non-hydrogen) atoms. The van der Waals surface area contributed by atoms with E-state index in [0.717, 1.165) is 34.6 Å². The van der Waals surface area contributed by atoms with E-state index in [0.29, 0.717) is 13.2 Å². The fraction of sp³-hybridized carbons (Fsp3) is 0.353. The third kappa shape index (κ3) is 2.52. The van der Waals surface area contributed by atoms with Gasteiger partial charge in [0, 0.05) is 18.9 Å². The molecule has 0 bridgehead atoms. The van der Waals surface area contributed by atoms with Gasteiger partial charge < -0.3 is 9.64 Å². The van der Waals surface area contributed by atoms with Crippen LogP contribution in [0.2, 0.25) is 5.28 Å². The smallest absolute Gasteiger partial charge is 0.226 e.